The Bertz CT molecular complexity index is 861. The average molecular weight is 575 g/mol. The predicted molar refractivity (Wildman–Crippen MR) is 136 cm³/mol. The van der Waals surface area contributed by atoms with E-state index in [0.717, 1.165) is 9.13 Å². The molecule has 0 saturated heterocycles. The number of ether oxygens (including phenoxy) is 1. The van der Waals surface area contributed by atoms with Crippen LogP contribution in [0.3, 0.4) is 0 Å². The highest BCUT2D eigenvalue weighted by molar-refractivity contribution is 14.1. The lowest BCUT2D eigenvalue weighted by atomic mass is 9.54. The molecule has 3 atom stereocenters. The van der Waals surface area contributed by atoms with Crippen molar-refractivity contribution in [2.45, 2.75) is 79.9 Å². The van der Waals surface area contributed by atoms with Crippen LogP contribution in [0.15, 0.2) is 24.3 Å². The summed E-state index contributed by atoms with van der Waals surface area (Å²) in [5.41, 5.74) is -3.85. The van der Waals surface area contributed by atoms with E-state index in [1.54, 1.807) is 41.5 Å². The van der Waals surface area contributed by atoms with Gasteiger partial charge in [0.1, 0.15) is 11.1 Å². The summed E-state index contributed by atoms with van der Waals surface area (Å²) in [7, 11) is 0. The molecule has 186 valence electrons. The van der Waals surface area contributed by atoms with E-state index in [2.05, 4.69) is 27.9 Å². The van der Waals surface area contributed by atoms with Crippen molar-refractivity contribution < 1.29 is 29.3 Å². The van der Waals surface area contributed by atoms with Crippen molar-refractivity contribution in [1.82, 2.24) is 5.32 Å². The molecule has 1 aromatic rings. The molecule has 7 nitrogen and oxygen atoms in total. The van der Waals surface area contributed by atoms with Crippen LogP contribution in [-0.4, -0.2) is 39.4 Å². The Hall–Kier alpha value is -1.84. The summed E-state index contributed by atoms with van der Waals surface area (Å²) in [6.45, 7) is 15.6. The predicted octanol–water partition coefficient (Wildman–Crippen LogP) is 5.59. The number of carboxylic acid groups (broad SMARTS) is 2. The van der Waals surface area contributed by atoms with Gasteiger partial charge < -0.3 is 20.3 Å². The monoisotopic (exact) mass is 575 g/mol. The molecular formula is C25H38INO6. The number of carbonyl (C=O) groups excluding carboxylic acids is 1. The minimum Gasteiger partial charge on any atom is -0.481 e. The van der Waals surface area contributed by atoms with E-state index >= 15 is 0 Å². The third-order valence-electron chi connectivity index (χ3n) is 5.71. The van der Waals surface area contributed by atoms with Crippen LogP contribution in [0, 0.1) is 26.2 Å². The molecule has 0 saturated carbocycles. The van der Waals surface area contributed by atoms with E-state index in [9.17, 15) is 24.6 Å². The Morgan fingerprint density at radius 2 is 1.42 bits per heavy atom. The summed E-state index contributed by atoms with van der Waals surface area (Å²) in [5, 5.41) is 23.6. The first-order valence-electron chi connectivity index (χ1n) is 10.9. The lowest BCUT2D eigenvalue weighted by Crippen LogP contribution is -2.71. The van der Waals surface area contributed by atoms with Crippen molar-refractivity contribution in [3.05, 3.63) is 33.4 Å². The standard InChI is InChI=1S/C25H38INO6/c1-22(2,3)18(17(19(28)29)14-15-10-12-16(26)13-11-15)25(20(30)31,23(4,5)6)27-21(32)33-24(7,8)9/h10-13,17-18H,14H2,1-9H3,(H,27,32)(H,28,29)(H,30,31)/t17-,18?,25+/m0/s1. The van der Waals surface area contributed by atoms with E-state index in [0.29, 0.717) is 0 Å². The van der Waals surface area contributed by atoms with Crippen LogP contribution in [-0.2, 0) is 20.7 Å². The molecule has 0 bridgehead atoms. The third-order valence-corrected chi connectivity index (χ3v) is 6.43. The van der Waals surface area contributed by atoms with Gasteiger partial charge in [-0.1, -0.05) is 53.7 Å². The number of benzene rings is 1. The molecule has 0 radical (unpaired) electrons. The molecule has 33 heavy (non-hydrogen) atoms. The number of carboxylic acids is 2. The van der Waals surface area contributed by atoms with Crippen LogP contribution in [0.5, 0.6) is 0 Å². The Morgan fingerprint density at radius 3 is 1.76 bits per heavy atom. The van der Waals surface area contributed by atoms with E-state index in [4.69, 9.17) is 4.74 Å². The van der Waals surface area contributed by atoms with Gasteiger partial charge in [0.25, 0.3) is 0 Å². The smallest absolute Gasteiger partial charge is 0.408 e. The van der Waals surface area contributed by atoms with Crippen LogP contribution >= 0.6 is 22.6 Å². The first kappa shape index (κ1) is 29.2. The van der Waals surface area contributed by atoms with Crippen LogP contribution in [0.4, 0.5) is 4.79 Å². The van der Waals surface area contributed by atoms with E-state index in [1.807, 2.05) is 45.0 Å². The summed E-state index contributed by atoms with van der Waals surface area (Å²) in [6, 6.07) is 7.46. The maximum absolute atomic E-state index is 13.0. The van der Waals surface area contributed by atoms with Gasteiger partial charge >= 0.3 is 18.0 Å². The van der Waals surface area contributed by atoms with Gasteiger partial charge in [-0.25, -0.2) is 9.59 Å². The van der Waals surface area contributed by atoms with Crippen molar-refractivity contribution in [3.63, 3.8) is 0 Å². The largest absolute Gasteiger partial charge is 0.481 e. The van der Waals surface area contributed by atoms with Gasteiger partial charge in [-0.15, -0.1) is 0 Å². The first-order chi connectivity index (χ1) is 14.7. The lowest BCUT2D eigenvalue weighted by molar-refractivity contribution is -0.166. The number of alkyl carbamates (subject to hydrolysis) is 1. The second-order valence-corrected chi connectivity index (χ2v) is 12.9. The summed E-state index contributed by atoms with van der Waals surface area (Å²) >= 11 is 2.17. The van der Waals surface area contributed by atoms with Gasteiger partial charge in [0, 0.05) is 9.49 Å². The molecular weight excluding hydrogens is 537 g/mol. The third kappa shape index (κ3) is 7.32. The highest BCUT2D eigenvalue weighted by atomic mass is 127. The zero-order valence-corrected chi connectivity index (χ0v) is 23.2. The van der Waals surface area contributed by atoms with Crippen LogP contribution in [0.25, 0.3) is 0 Å². The molecule has 1 amide bonds. The second-order valence-electron chi connectivity index (χ2n) is 11.6. The summed E-state index contributed by atoms with van der Waals surface area (Å²) < 4.78 is 6.42. The molecule has 1 rings (SSSR count). The number of amides is 1. The van der Waals surface area contributed by atoms with Crippen molar-refractivity contribution in [2.75, 3.05) is 0 Å². The molecule has 0 aliphatic carbocycles. The fourth-order valence-electron chi connectivity index (χ4n) is 4.48. The maximum atomic E-state index is 13.0. The average Bonchev–Trinajstić information content (AvgIpc) is 2.57. The molecule has 0 heterocycles. The molecule has 0 aliphatic heterocycles. The van der Waals surface area contributed by atoms with Gasteiger partial charge in [-0.05, 0) is 78.3 Å². The second kappa shape index (κ2) is 10.2. The van der Waals surface area contributed by atoms with E-state index < -0.39 is 51.8 Å². The van der Waals surface area contributed by atoms with Crippen LogP contribution in [0.1, 0.15) is 67.9 Å². The number of hydrogen-bond acceptors (Lipinski definition) is 4. The zero-order chi connectivity index (χ0) is 26.0. The highest BCUT2D eigenvalue weighted by Gasteiger charge is 2.62. The lowest BCUT2D eigenvalue weighted by Gasteiger charge is -2.53. The fraction of sp³-hybridized carbons (Fsp3) is 0.640. The van der Waals surface area contributed by atoms with E-state index in [1.165, 1.54) is 0 Å². The number of halogens is 1. The minimum absolute atomic E-state index is 0.120. The first-order valence-corrected chi connectivity index (χ1v) is 12.0. The number of carbonyl (C=O) groups is 3. The molecule has 8 heteroatoms. The maximum Gasteiger partial charge on any atom is 0.408 e. The van der Waals surface area contributed by atoms with Crippen molar-refractivity contribution >= 4 is 40.6 Å². The molecule has 1 unspecified atom stereocenters. The fourth-order valence-corrected chi connectivity index (χ4v) is 4.84. The Labute approximate surface area is 210 Å². The number of rotatable bonds is 7. The molecule has 1 aromatic carbocycles. The number of aliphatic carboxylic acids is 2. The number of nitrogens with one attached hydrogen (secondary N) is 1. The zero-order valence-electron chi connectivity index (χ0n) is 21.1. The van der Waals surface area contributed by atoms with Gasteiger partial charge in [0.2, 0.25) is 0 Å². The molecule has 0 aliphatic rings. The Morgan fingerprint density at radius 1 is 0.939 bits per heavy atom. The van der Waals surface area contributed by atoms with Crippen LogP contribution in [0.2, 0.25) is 0 Å². The van der Waals surface area contributed by atoms with Gasteiger partial charge in [0.05, 0.1) is 5.92 Å². The Kier molecular flexibility index (Phi) is 9.02. The van der Waals surface area contributed by atoms with Crippen LogP contribution < -0.4 is 5.32 Å². The highest BCUT2D eigenvalue weighted by Crippen LogP contribution is 2.49. The normalized spacial score (nSPS) is 16.3. The topological polar surface area (TPSA) is 113 Å². The van der Waals surface area contributed by atoms with Gasteiger partial charge in [-0.3, -0.25) is 4.79 Å². The van der Waals surface area contributed by atoms with Crippen molar-refractivity contribution in [3.8, 4) is 0 Å². The minimum atomic E-state index is -1.93. The molecule has 3 N–H and O–H groups in total. The SMILES string of the molecule is CC(C)(C)OC(=O)N[C@@](C(=O)O)(C([C@H](Cc1ccc(I)cc1)C(=O)O)C(C)(C)C)C(C)(C)C. The van der Waals surface area contributed by atoms with E-state index in [-0.39, 0.29) is 6.42 Å². The summed E-state index contributed by atoms with van der Waals surface area (Å²) in [6.07, 6.45) is -0.776. The molecule has 0 spiro atoms. The Balaban J connectivity index is 3.77. The van der Waals surface area contributed by atoms with Gasteiger partial charge in [-0.2, -0.15) is 0 Å². The summed E-state index contributed by atoms with van der Waals surface area (Å²) in [4.78, 5) is 38.5. The molecule has 0 fully saturated rings. The van der Waals surface area contributed by atoms with Gasteiger partial charge in [0.15, 0.2) is 0 Å². The quantitative estimate of drug-likeness (QED) is 0.366. The molecule has 0 aromatic heterocycles. The van der Waals surface area contributed by atoms with Crippen molar-refractivity contribution in [2.24, 2.45) is 22.7 Å². The summed E-state index contributed by atoms with van der Waals surface area (Å²) in [5.74, 6) is -4.48. The van der Waals surface area contributed by atoms with Crippen molar-refractivity contribution in [1.29, 1.82) is 0 Å². The number of hydrogen-bond donors (Lipinski definition) is 3.